The first-order valence-corrected chi connectivity index (χ1v) is 6.60. The molecule has 0 heterocycles. The van der Waals surface area contributed by atoms with Gasteiger partial charge in [0.05, 0.1) is 0 Å². The zero-order valence-corrected chi connectivity index (χ0v) is 10.8. The molecule has 3 atom stereocenters. The van der Waals surface area contributed by atoms with Crippen molar-refractivity contribution in [2.75, 3.05) is 0 Å². The van der Waals surface area contributed by atoms with Gasteiger partial charge in [-0.05, 0) is 24.7 Å². The van der Waals surface area contributed by atoms with Crippen molar-refractivity contribution in [2.45, 2.75) is 59.8 Å². The van der Waals surface area contributed by atoms with E-state index in [4.69, 9.17) is 0 Å². The fourth-order valence-electron chi connectivity index (χ4n) is 2.62. The van der Waals surface area contributed by atoms with Crippen molar-refractivity contribution in [1.82, 2.24) is 0 Å². The van der Waals surface area contributed by atoms with Gasteiger partial charge in [0, 0.05) is 11.8 Å². The number of carbonyl (C=O) groups excluding carboxylic acids is 1. The van der Waals surface area contributed by atoms with E-state index in [1.54, 1.807) is 0 Å². The van der Waals surface area contributed by atoms with Gasteiger partial charge in [0.2, 0.25) is 0 Å². The van der Waals surface area contributed by atoms with Crippen molar-refractivity contribution in [3.8, 4) is 0 Å². The Hall–Kier alpha value is -0.330. The summed E-state index contributed by atoms with van der Waals surface area (Å²) in [6, 6.07) is 0. The molecule has 0 N–H and O–H groups in total. The molecule has 0 bridgehead atoms. The summed E-state index contributed by atoms with van der Waals surface area (Å²) in [7, 11) is 0. The molecule has 0 aromatic carbocycles. The van der Waals surface area contributed by atoms with Crippen LogP contribution in [0, 0.1) is 23.7 Å². The Morgan fingerprint density at radius 3 is 2.47 bits per heavy atom. The number of hydrogen-bond donors (Lipinski definition) is 0. The Morgan fingerprint density at radius 2 is 1.93 bits per heavy atom. The number of ketones is 1. The van der Waals surface area contributed by atoms with Gasteiger partial charge in [-0.3, -0.25) is 4.79 Å². The molecule has 1 heteroatoms. The highest BCUT2D eigenvalue weighted by Crippen LogP contribution is 2.33. The third-order valence-corrected chi connectivity index (χ3v) is 4.21. The predicted octanol–water partition coefficient (Wildman–Crippen LogP) is 4.06. The number of carbonyl (C=O) groups is 1. The quantitative estimate of drug-likeness (QED) is 0.683. The predicted molar refractivity (Wildman–Crippen MR) is 64.7 cm³/mol. The SMILES string of the molecule is CCC1CCCC(C(=O)C(C)C(C)C)C1. The number of Topliss-reactive ketones (excluding diaryl/α,β-unsaturated/α-hetero) is 1. The highest BCUT2D eigenvalue weighted by molar-refractivity contribution is 5.83. The average molecular weight is 210 g/mol. The first-order chi connectivity index (χ1) is 7.06. The van der Waals surface area contributed by atoms with Gasteiger partial charge in [0.1, 0.15) is 5.78 Å². The zero-order chi connectivity index (χ0) is 11.4. The monoisotopic (exact) mass is 210 g/mol. The molecule has 0 aromatic rings. The molecule has 0 aliphatic heterocycles. The van der Waals surface area contributed by atoms with E-state index in [-0.39, 0.29) is 5.92 Å². The van der Waals surface area contributed by atoms with Crippen molar-refractivity contribution in [1.29, 1.82) is 0 Å². The minimum absolute atomic E-state index is 0.255. The minimum atomic E-state index is 0.255. The lowest BCUT2D eigenvalue weighted by Gasteiger charge is -2.30. The molecule has 1 rings (SSSR count). The van der Waals surface area contributed by atoms with Crippen molar-refractivity contribution in [3.63, 3.8) is 0 Å². The molecule has 1 aliphatic rings. The molecule has 0 aromatic heterocycles. The standard InChI is InChI=1S/C14H26O/c1-5-12-7-6-8-13(9-12)14(15)11(4)10(2)3/h10-13H,5-9H2,1-4H3. The van der Waals surface area contributed by atoms with Gasteiger partial charge in [0.25, 0.3) is 0 Å². The minimum Gasteiger partial charge on any atom is -0.299 e. The molecule has 0 saturated heterocycles. The van der Waals surface area contributed by atoms with Crippen molar-refractivity contribution in [3.05, 3.63) is 0 Å². The van der Waals surface area contributed by atoms with Crippen LogP contribution in [0.2, 0.25) is 0 Å². The fraction of sp³-hybridized carbons (Fsp3) is 0.929. The van der Waals surface area contributed by atoms with Crippen molar-refractivity contribution < 1.29 is 4.79 Å². The van der Waals surface area contributed by atoms with E-state index in [2.05, 4.69) is 27.7 Å². The normalized spacial score (nSPS) is 29.1. The first-order valence-electron chi connectivity index (χ1n) is 6.60. The lowest BCUT2D eigenvalue weighted by Crippen LogP contribution is -2.29. The van der Waals surface area contributed by atoms with E-state index in [0.717, 1.165) is 18.8 Å². The van der Waals surface area contributed by atoms with E-state index < -0.39 is 0 Å². The summed E-state index contributed by atoms with van der Waals surface area (Å²) in [5.41, 5.74) is 0. The molecule has 0 spiro atoms. The molecule has 1 aliphatic carbocycles. The second-order valence-electron chi connectivity index (χ2n) is 5.57. The summed E-state index contributed by atoms with van der Waals surface area (Å²) in [5.74, 6) is 2.47. The third-order valence-electron chi connectivity index (χ3n) is 4.21. The average Bonchev–Trinajstić information content (AvgIpc) is 2.27. The Bertz CT molecular complexity index is 207. The Morgan fingerprint density at radius 1 is 1.27 bits per heavy atom. The zero-order valence-electron chi connectivity index (χ0n) is 10.8. The van der Waals surface area contributed by atoms with Gasteiger partial charge < -0.3 is 0 Å². The van der Waals surface area contributed by atoms with Crippen LogP contribution in [0.3, 0.4) is 0 Å². The highest BCUT2D eigenvalue weighted by Gasteiger charge is 2.30. The maximum atomic E-state index is 12.2. The van der Waals surface area contributed by atoms with E-state index in [1.807, 2.05) is 0 Å². The molecule has 1 nitrogen and oxygen atoms in total. The number of hydrogen-bond acceptors (Lipinski definition) is 1. The highest BCUT2D eigenvalue weighted by atomic mass is 16.1. The van der Waals surface area contributed by atoms with Crippen LogP contribution in [0.1, 0.15) is 59.8 Å². The largest absolute Gasteiger partial charge is 0.299 e. The summed E-state index contributed by atoms with van der Waals surface area (Å²) in [4.78, 5) is 12.2. The van der Waals surface area contributed by atoms with Gasteiger partial charge in [-0.15, -0.1) is 0 Å². The maximum absolute atomic E-state index is 12.2. The Kier molecular flexibility index (Phi) is 4.82. The smallest absolute Gasteiger partial charge is 0.139 e. The molecule has 88 valence electrons. The maximum Gasteiger partial charge on any atom is 0.139 e. The van der Waals surface area contributed by atoms with Gasteiger partial charge in [-0.2, -0.15) is 0 Å². The molecular weight excluding hydrogens is 184 g/mol. The third kappa shape index (κ3) is 3.32. The summed E-state index contributed by atoms with van der Waals surface area (Å²) in [6.07, 6.45) is 6.16. The first kappa shape index (κ1) is 12.7. The molecule has 1 saturated carbocycles. The summed E-state index contributed by atoms with van der Waals surface area (Å²) in [6.45, 7) is 8.66. The van der Waals surface area contributed by atoms with Gasteiger partial charge >= 0.3 is 0 Å². The number of rotatable bonds is 4. The van der Waals surface area contributed by atoms with Crippen LogP contribution in [0.25, 0.3) is 0 Å². The second-order valence-corrected chi connectivity index (χ2v) is 5.57. The van der Waals surface area contributed by atoms with Crippen LogP contribution < -0.4 is 0 Å². The topological polar surface area (TPSA) is 17.1 Å². The van der Waals surface area contributed by atoms with Crippen LogP contribution in [0.5, 0.6) is 0 Å². The van der Waals surface area contributed by atoms with Crippen LogP contribution in [-0.2, 0) is 4.79 Å². The van der Waals surface area contributed by atoms with Gasteiger partial charge in [0.15, 0.2) is 0 Å². The van der Waals surface area contributed by atoms with E-state index in [1.165, 1.54) is 19.3 Å². The van der Waals surface area contributed by atoms with Crippen LogP contribution in [0.15, 0.2) is 0 Å². The molecule has 0 radical (unpaired) electrons. The van der Waals surface area contributed by atoms with E-state index in [0.29, 0.717) is 17.6 Å². The van der Waals surface area contributed by atoms with Gasteiger partial charge in [-0.1, -0.05) is 47.0 Å². The molecule has 1 fully saturated rings. The van der Waals surface area contributed by atoms with Crippen molar-refractivity contribution in [2.24, 2.45) is 23.7 Å². The summed E-state index contributed by atoms with van der Waals surface area (Å²) in [5, 5.41) is 0. The lowest BCUT2D eigenvalue weighted by atomic mass is 9.74. The van der Waals surface area contributed by atoms with E-state index >= 15 is 0 Å². The van der Waals surface area contributed by atoms with Gasteiger partial charge in [-0.25, -0.2) is 0 Å². The molecule has 3 unspecified atom stereocenters. The molecule has 15 heavy (non-hydrogen) atoms. The molecular formula is C14H26O. The molecule has 0 amide bonds. The summed E-state index contributed by atoms with van der Waals surface area (Å²) >= 11 is 0. The lowest BCUT2D eigenvalue weighted by molar-refractivity contribution is -0.129. The van der Waals surface area contributed by atoms with Crippen LogP contribution >= 0.6 is 0 Å². The second kappa shape index (κ2) is 5.67. The van der Waals surface area contributed by atoms with E-state index in [9.17, 15) is 4.79 Å². The van der Waals surface area contributed by atoms with Crippen LogP contribution in [0.4, 0.5) is 0 Å². The van der Waals surface area contributed by atoms with Crippen LogP contribution in [-0.4, -0.2) is 5.78 Å². The Labute approximate surface area is 94.6 Å². The fourth-order valence-corrected chi connectivity index (χ4v) is 2.62. The Balaban J connectivity index is 2.52. The summed E-state index contributed by atoms with van der Waals surface area (Å²) < 4.78 is 0. The van der Waals surface area contributed by atoms with Crippen molar-refractivity contribution >= 4 is 5.78 Å².